The number of hydrogen-bond acceptors (Lipinski definition) is 5. The van der Waals surface area contributed by atoms with Crippen LogP contribution >= 0.6 is 0 Å². The van der Waals surface area contributed by atoms with Gasteiger partial charge in [0.05, 0.1) is 23.5 Å². The zero-order valence-electron chi connectivity index (χ0n) is 25.2. The van der Waals surface area contributed by atoms with Crippen molar-refractivity contribution < 1.29 is 14.3 Å². The van der Waals surface area contributed by atoms with Gasteiger partial charge >= 0.3 is 5.97 Å². The molecule has 0 aliphatic heterocycles. The van der Waals surface area contributed by atoms with Crippen molar-refractivity contribution in [3.8, 4) is 11.5 Å². The first kappa shape index (κ1) is 32.0. The van der Waals surface area contributed by atoms with Crippen LogP contribution in [0, 0.1) is 6.92 Å². The Morgan fingerprint density at radius 3 is 1.80 bits per heavy atom. The molecule has 0 unspecified atom stereocenters. The van der Waals surface area contributed by atoms with Gasteiger partial charge in [-0.2, -0.15) is 10.2 Å². The monoisotopic (exact) mass is 556 g/mol. The smallest absolute Gasteiger partial charge is 0.343 e. The quantitative estimate of drug-likeness (QED) is 0.0602. The molecule has 0 aromatic heterocycles. The van der Waals surface area contributed by atoms with Crippen molar-refractivity contribution in [2.75, 3.05) is 6.61 Å². The van der Waals surface area contributed by atoms with Crippen molar-refractivity contribution in [3.63, 3.8) is 0 Å². The molecule has 0 saturated heterocycles. The summed E-state index contributed by atoms with van der Waals surface area (Å²) < 4.78 is 11.3. The Kier molecular flexibility index (Phi) is 15.3. The average molecular weight is 557 g/mol. The number of unbranched alkanes of at least 4 members (excludes halogenated alkanes) is 13. The van der Waals surface area contributed by atoms with Crippen LogP contribution in [0.3, 0.4) is 0 Å². The third-order valence-corrected chi connectivity index (χ3v) is 7.26. The summed E-state index contributed by atoms with van der Waals surface area (Å²) in [6.45, 7) is 5.04. The molecule has 0 N–H and O–H groups in total. The van der Waals surface area contributed by atoms with E-state index in [9.17, 15) is 4.79 Å². The summed E-state index contributed by atoms with van der Waals surface area (Å²) >= 11 is 0. The standard InChI is InChI=1S/C36H48N2O3/c1-3-4-5-6-7-8-9-10-11-12-13-14-15-19-28-40-34-26-27-35(30(2)29-34)38-37-32-24-22-31(23-25-32)36(39)41-33-20-17-16-18-21-33/h16-18,20-27,29H,3-15,19,28H2,1-2H3. The van der Waals surface area contributed by atoms with E-state index in [1.807, 2.05) is 43.3 Å². The van der Waals surface area contributed by atoms with Crippen molar-refractivity contribution >= 4 is 17.3 Å². The van der Waals surface area contributed by atoms with Crippen LogP contribution in [0.25, 0.3) is 0 Å². The van der Waals surface area contributed by atoms with Gasteiger partial charge in [0.25, 0.3) is 0 Å². The highest BCUT2D eigenvalue weighted by molar-refractivity contribution is 5.91. The lowest BCUT2D eigenvalue weighted by Crippen LogP contribution is -2.07. The number of aryl methyl sites for hydroxylation is 1. The summed E-state index contributed by atoms with van der Waals surface area (Å²) in [5.41, 5.74) is 2.93. The third kappa shape index (κ3) is 13.2. The minimum Gasteiger partial charge on any atom is -0.494 e. The number of para-hydroxylation sites is 1. The predicted molar refractivity (Wildman–Crippen MR) is 169 cm³/mol. The number of esters is 1. The van der Waals surface area contributed by atoms with Crippen LogP contribution in [-0.4, -0.2) is 12.6 Å². The maximum Gasteiger partial charge on any atom is 0.343 e. The van der Waals surface area contributed by atoms with Crippen LogP contribution < -0.4 is 9.47 Å². The van der Waals surface area contributed by atoms with E-state index in [0.717, 1.165) is 30.0 Å². The molecule has 0 heterocycles. The summed E-state index contributed by atoms with van der Waals surface area (Å²) in [4.78, 5) is 12.3. The maximum absolute atomic E-state index is 12.3. The second-order valence-corrected chi connectivity index (χ2v) is 10.8. The number of azo groups is 1. The van der Waals surface area contributed by atoms with Crippen LogP contribution in [0.2, 0.25) is 0 Å². The Balaban J connectivity index is 1.27. The van der Waals surface area contributed by atoms with Gasteiger partial charge in [0.1, 0.15) is 11.5 Å². The second-order valence-electron chi connectivity index (χ2n) is 10.8. The lowest BCUT2D eigenvalue weighted by molar-refractivity contribution is 0.0735. The molecule has 0 atom stereocenters. The Morgan fingerprint density at radius 1 is 0.634 bits per heavy atom. The van der Waals surface area contributed by atoms with E-state index in [0.29, 0.717) is 17.0 Å². The highest BCUT2D eigenvalue weighted by atomic mass is 16.5. The van der Waals surface area contributed by atoms with Crippen LogP contribution in [0.5, 0.6) is 11.5 Å². The number of hydrogen-bond donors (Lipinski definition) is 0. The zero-order valence-corrected chi connectivity index (χ0v) is 25.2. The van der Waals surface area contributed by atoms with Gasteiger partial charge in [-0.3, -0.25) is 0 Å². The molecule has 41 heavy (non-hydrogen) atoms. The zero-order chi connectivity index (χ0) is 29.0. The van der Waals surface area contributed by atoms with E-state index in [1.165, 1.54) is 83.5 Å². The first-order chi connectivity index (χ1) is 20.2. The molecule has 220 valence electrons. The molecular formula is C36H48N2O3. The van der Waals surface area contributed by atoms with Gasteiger partial charge in [-0.05, 0) is 73.5 Å². The molecule has 0 saturated carbocycles. The van der Waals surface area contributed by atoms with Crippen molar-refractivity contribution in [2.45, 2.75) is 104 Å². The molecule has 0 amide bonds. The molecule has 3 aromatic carbocycles. The van der Waals surface area contributed by atoms with Gasteiger partial charge < -0.3 is 9.47 Å². The molecule has 3 aromatic rings. The number of carbonyl (C=O) groups excluding carboxylic acids is 1. The lowest BCUT2D eigenvalue weighted by atomic mass is 10.0. The summed E-state index contributed by atoms with van der Waals surface area (Å²) in [7, 11) is 0. The summed E-state index contributed by atoms with van der Waals surface area (Å²) in [5.74, 6) is 0.987. The van der Waals surface area contributed by atoms with Gasteiger partial charge in [-0.25, -0.2) is 4.79 Å². The molecule has 0 bridgehead atoms. The summed E-state index contributed by atoms with van der Waals surface area (Å²) in [5, 5.41) is 8.72. The molecule has 5 nitrogen and oxygen atoms in total. The van der Waals surface area contributed by atoms with E-state index in [-0.39, 0.29) is 0 Å². The van der Waals surface area contributed by atoms with Crippen molar-refractivity contribution in [1.29, 1.82) is 0 Å². The average Bonchev–Trinajstić information content (AvgIpc) is 2.99. The van der Waals surface area contributed by atoms with E-state index in [2.05, 4.69) is 17.2 Å². The van der Waals surface area contributed by atoms with Gasteiger partial charge in [-0.15, -0.1) is 0 Å². The van der Waals surface area contributed by atoms with Crippen LogP contribution in [0.1, 0.15) is 113 Å². The Hall–Kier alpha value is -3.47. The highest BCUT2D eigenvalue weighted by Crippen LogP contribution is 2.26. The largest absolute Gasteiger partial charge is 0.494 e. The fourth-order valence-electron chi connectivity index (χ4n) is 4.75. The van der Waals surface area contributed by atoms with Gasteiger partial charge in [-0.1, -0.05) is 109 Å². The molecule has 0 fully saturated rings. The van der Waals surface area contributed by atoms with Crippen molar-refractivity contribution in [1.82, 2.24) is 0 Å². The third-order valence-electron chi connectivity index (χ3n) is 7.26. The lowest BCUT2D eigenvalue weighted by Gasteiger charge is -2.08. The first-order valence-corrected chi connectivity index (χ1v) is 15.7. The van der Waals surface area contributed by atoms with E-state index in [1.54, 1.807) is 36.4 Å². The van der Waals surface area contributed by atoms with Crippen LogP contribution in [0.4, 0.5) is 11.4 Å². The normalized spacial score (nSPS) is 11.2. The molecule has 5 heteroatoms. The van der Waals surface area contributed by atoms with Gasteiger partial charge in [0.15, 0.2) is 0 Å². The van der Waals surface area contributed by atoms with Gasteiger partial charge in [0, 0.05) is 0 Å². The fraction of sp³-hybridized carbons (Fsp3) is 0.472. The second kappa shape index (κ2) is 19.6. The minimum atomic E-state index is -0.403. The van der Waals surface area contributed by atoms with Crippen LogP contribution in [-0.2, 0) is 0 Å². The Labute approximate surface area is 247 Å². The highest BCUT2D eigenvalue weighted by Gasteiger charge is 2.08. The number of nitrogens with zero attached hydrogens (tertiary/aromatic N) is 2. The van der Waals surface area contributed by atoms with E-state index in [4.69, 9.17) is 9.47 Å². The first-order valence-electron chi connectivity index (χ1n) is 15.7. The van der Waals surface area contributed by atoms with Crippen molar-refractivity contribution in [2.24, 2.45) is 10.2 Å². The number of ether oxygens (including phenoxy) is 2. The molecule has 3 rings (SSSR count). The molecule has 0 aliphatic carbocycles. The summed E-state index contributed by atoms with van der Waals surface area (Å²) in [6, 6.07) is 21.8. The maximum atomic E-state index is 12.3. The molecule has 0 radical (unpaired) electrons. The number of carbonyl (C=O) groups is 1. The van der Waals surface area contributed by atoms with E-state index < -0.39 is 5.97 Å². The minimum absolute atomic E-state index is 0.403. The molecular weight excluding hydrogens is 508 g/mol. The fourth-order valence-corrected chi connectivity index (χ4v) is 4.75. The Bertz CT molecular complexity index is 1160. The SMILES string of the molecule is CCCCCCCCCCCCCCCCOc1ccc(N=Nc2ccc(C(=O)Oc3ccccc3)cc2)c(C)c1. The van der Waals surface area contributed by atoms with E-state index >= 15 is 0 Å². The predicted octanol–water partition coefficient (Wildman–Crippen LogP) is 11.5. The van der Waals surface area contributed by atoms with Crippen LogP contribution in [0.15, 0.2) is 83.0 Å². The van der Waals surface area contributed by atoms with Gasteiger partial charge in [0.2, 0.25) is 0 Å². The number of rotatable bonds is 20. The number of benzene rings is 3. The van der Waals surface area contributed by atoms with Crippen molar-refractivity contribution in [3.05, 3.63) is 83.9 Å². The summed E-state index contributed by atoms with van der Waals surface area (Å²) in [6.07, 6.45) is 19.0. The molecule has 0 spiro atoms. The Morgan fingerprint density at radius 2 is 1.22 bits per heavy atom. The molecule has 0 aliphatic rings. The topological polar surface area (TPSA) is 60.2 Å².